The zero-order valence-corrected chi connectivity index (χ0v) is 11.1. The number of unbranched alkanes of at least 4 members (excludes halogenated alkanes) is 1. The summed E-state index contributed by atoms with van der Waals surface area (Å²) >= 11 is 0. The summed E-state index contributed by atoms with van der Waals surface area (Å²) in [6.45, 7) is 4.64. The second kappa shape index (κ2) is 6.97. The minimum Gasteiger partial charge on any atom is -0.480 e. The number of hydrogen-bond acceptors (Lipinski definition) is 2. The molecule has 0 radical (unpaired) electrons. The monoisotopic (exact) mass is 269 g/mol. The van der Waals surface area contributed by atoms with E-state index in [2.05, 4.69) is 5.32 Å². The Morgan fingerprint density at radius 1 is 1.33 bits per heavy atom. The fourth-order valence-electron chi connectivity index (χ4n) is 1.59. The average molecular weight is 269 g/mol. The summed E-state index contributed by atoms with van der Waals surface area (Å²) in [5.41, 5.74) is -2.87. The fraction of sp³-hybridized carbons (Fsp3) is 0.917. The molecule has 108 valence electrons. The second-order valence-electron chi connectivity index (χ2n) is 4.73. The molecular weight excluding hydrogens is 247 g/mol. The van der Waals surface area contributed by atoms with Crippen molar-refractivity contribution in [3.05, 3.63) is 0 Å². The molecule has 2 unspecified atom stereocenters. The molecule has 0 aromatic heterocycles. The Labute approximate surface area is 106 Å². The number of carboxylic acids is 1. The summed E-state index contributed by atoms with van der Waals surface area (Å²) in [6, 6.07) is 0. The van der Waals surface area contributed by atoms with Gasteiger partial charge in [-0.2, -0.15) is 13.2 Å². The Balaban J connectivity index is 4.57. The van der Waals surface area contributed by atoms with E-state index < -0.39 is 17.7 Å². The van der Waals surface area contributed by atoms with Crippen molar-refractivity contribution in [3.8, 4) is 0 Å². The van der Waals surface area contributed by atoms with Crippen LogP contribution in [0, 0.1) is 5.92 Å². The van der Waals surface area contributed by atoms with Gasteiger partial charge in [-0.05, 0) is 25.8 Å². The molecule has 0 fully saturated rings. The van der Waals surface area contributed by atoms with Gasteiger partial charge in [0.2, 0.25) is 5.54 Å². The normalized spacial score (nSPS) is 17.2. The topological polar surface area (TPSA) is 49.3 Å². The zero-order valence-electron chi connectivity index (χ0n) is 11.1. The summed E-state index contributed by atoms with van der Waals surface area (Å²) in [5, 5.41) is 10.9. The lowest BCUT2D eigenvalue weighted by Gasteiger charge is -2.30. The van der Waals surface area contributed by atoms with E-state index in [4.69, 9.17) is 5.11 Å². The molecule has 18 heavy (non-hydrogen) atoms. The molecule has 0 heterocycles. The van der Waals surface area contributed by atoms with Crippen LogP contribution in [0.1, 0.15) is 46.5 Å². The number of hydrogen-bond donors (Lipinski definition) is 2. The van der Waals surface area contributed by atoms with E-state index in [0.717, 1.165) is 25.7 Å². The first kappa shape index (κ1) is 17.2. The van der Waals surface area contributed by atoms with Gasteiger partial charge in [-0.15, -0.1) is 0 Å². The lowest BCUT2D eigenvalue weighted by atomic mass is 9.96. The molecule has 0 amide bonds. The minimum absolute atomic E-state index is 0.0683. The van der Waals surface area contributed by atoms with Gasteiger partial charge >= 0.3 is 12.1 Å². The Kier molecular flexibility index (Phi) is 6.67. The van der Waals surface area contributed by atoms with Gasteiger partial charge in [0.1, 0.15) is 0 Å². The Bertz CT molecular complexity index is 269. The highest BCUT2D eigenvalue weighted by molar-refractivity contribution is 5.79. The largest absolute Gasteiger partial charge is 0.480 e. The molecular formula is C12H22F3NO2. The highest BCUT2D eigenvalue weighted by atomic mass is 19.4. The summed E-state index contributed by atoms with van der Waals surface area (Å²) < 4.78 is 38.2. The Morgan fingerprint density at radius 2 is 1.89 bits per heavy atom. The summed E-state index contributed by atoms with van der Waals surface area (Å²) in [4.78, 5) is 10.8. The number of carbonyl (C=O) groups is 1. The molecule has 2 atom stereocenters. The lowest BCUT2D eigenvalue weighted by Crippen LogP contribution is -2.61. The van der Waals surface area contributed by atoms with Crippen molar-refractivity contribution in [2.45, 2.75) is 58.2 Å². The summed E-state index contributed by atoms with van der Waals surface area (Å²) in [7, 11) is 0. The van der Waals surface area contributed by atoms with Crippen LogP contribution in [0.5, 0.6) is 0 Å². The van der Waals surface area contributed by atoms with Gasteiger partial charge < -0.3 is 5.11 Å². The van der Waals surface area contributed by atoms with Crippen molar-refractivity contribution in [2.24, 2.45) is 5.92 Å². The fourth-order valence-corrected chi connectivity index (χ4v) is 1.59. The first-order chi connectivity index (χ1) is 8.19. The predicted octanol–water partition coefficient (Wildman–Crippen LogP) is 3.20. The minimum atomic E-state index is -4.80. The van der Waals surface area contributed by atoms with Crippen LogP contribution in [0.15, 0.2) is 0 Å². The van der Waals surface area contributed by atoms with Crippen molar-refractivity contribution in [2.75, 3.05) is 6.54 Å². The van der Waals surface area contributed by atoms with Gasteiger partial charge in [-0.25, -0.2) is 4.79 Å². The first-order valence-corrected chi connectivity index (χ1v) is 6.24. The van der Waals surface area contributed by atoms with Gasteiger partial charge in [0.25, 0.3) is 0 Å². The second-order valence-corrected chi connectivity index (χ2v) is 4.73. The van der Waals surface area contributed by atoms with E-state index in [0.29, 0.717) is 6.92 Å². The van der Waals surface area contributed by atoms with Crippen molar-refractivity contribution in [1.29, 1.82) is 0 Å². The van der Waals surface area contributed by atoms with E-state index in [1.165, 1.54) is 0 Å². The van der Waals surface area contributed by atoms with E-state index in [1.807, 2.05) is 13.8 Å². The molecule has 0 saturated carbocycles. The molecule has 3 nitrogen and oxygen atoms in total. The SMILES string of the molecule is CCCCC(CC)CNC(C)(C(=O)O)C(F)(F)F. The molecule has 0 aromatic rings. The third-order valence-electron chi connectivity index (χ3n) is 3.28. The van der Waals surface area contributed by atoms with Crippen molar-refractivity contribution in [1.82, 2.24) is 5.32 Å². The van der Waals surface area contributed by atoms with E-state index >= 15 is 0 Å². The van der Waals surface area contributed by atoms with Gasteiger partial charge in [0, 0.05) is 0 Å². The van der Waals surface area contributed by atoms with Crippen LogP contribution in [0.25, 0.3) is 0 Å². The number of alkyl halides is 3. The van der Waals surface area contributed by atoms with Crippen molar-refractivity contribution >= 4 is 5.97 Å². The van der Waals surface area contributed by atoms with Crippen molar-refractivity contribution < 1.29 is 23.1 Å². The molecule has 0 rings (SSSR count). The van der Waals surface area contributed by atoms with E-state index in [-0.39, 0.29) is 12.5 Å². The Hall–Kier alpha value is -0.780. The van der Waals surface area contributed by atoms with Gasteiger partial charge in [-0.3, -0.25) is 5.32 Å². The number of aliphatic carboxylic acids is 1. The summed E-state index contributed by atoms with van der Waals surface area (Å²) in [6.07, 6.45) is -1.34. The van der Waals surface area contributed by atoms with Crippen molar-refractivity contribution in [3.63, 3.8) is 0 Å². The quantitative estimate of drug-likeness (QED) is 0.711. The molecule has 2 N–H and O–H groups in total. The standard InChI is InChI=1S/C12H22F3NO2/c1-4-6-7-9(5-2)8-16-11(3,10(17)18)12(13,14)15/h9,16H,4-8H2,1-3H3,(H,17,18). The van der Waals surface area contributed by atoms with E-state index in [1.54, 1.807) is 0 Å². The maximum absolute atomic E-state index is 12.7. The lowest BCUT2D eigenvalue weighted by molar-refractivity contribution is -0.206. The molecule has 0 saturated heterocycles. The smallest absolute Gasteiger partial charge is 0.417 e. The molecule has 0 spiro atoms. The molecule has 0 aromatic carbocycles. The highest BCUT2D eigenvalue weighted by Gasteiger charge is 2.57. The number of nitrogens with one attached hydrogen (secondary N) is 1. The summed E-state index contributed by atoms with van der Waals surface area (Å²) in [5.74, 6) is -1.81. The van der Waals surface area contributed by atoms with Gasteiger partial charge in [0.15, 0.2) is 0 Å². The third kappa shape index (κ3) is 4.48. The first-order valence-electron chi connectivity index (χ1n) is 6.24. The molecule has 0 aliphatic carbocycles. The van der Waals surface area contributed by atoms with Gasteiger partial charge in [0.05, 0.1) is 0 Å². The van der Waals surface area contributed by atoms with E-state index in [9.17, 15) is 18.0 Å². The molecule has 0 aliphatic rings. The van der Waals surface area contributed by atoms with Crippen LogP contribution >= 0.6 is 0 Å². The molecule has 0 aliphatic heterocycles. The van der Waals surface area contributed by atoms with Crippen LogP contribution in [0.2, 0.25) is 0 Å². The molecule has 6 heteroatoms. The van der Waals surface area contributed by atoms with Crippen LogP contribution < -0.4 is 5.32 Å². The highest BCUT2D eigenvalue weighted by Crippen LogP contribution is 2.30. The van der Waals surface area contributed by atoms with Crippen LogP contribution in [0.3, 0.4) is 0 Å². The maximum Gasteiger partial charge on any atom is 0.417 e. The zero-order chi connectivity index (χ0) is 14.4. The number of rotatable bonds is 8. The predicted molar refractivity (Wildman–Crippen MR) is 63.4 cm³/mol. The Morgan fingerprint density at radius 3 is 2.22 bits per heavy atom. The number of halogens is 3. The van der Waals surface area contributed by atoms with Crippen LogP contribution in [-0.2, 0) is 4.79 Å². The molecule has 0 bridgehead atoms. The third-order valence-corrected chi connectivity index (χ3v) is 3.28. The van der Waals surface area contributed by atoms with Crippen LogP contribution in [0.4, 0.5) is 13.2 Å². The maximum atomic E-state index is 12.7. The van der Waals surface area contributed by atoms with Gasteiger partial charge in [-0.1, -0.05) is 33.1 Å². The average Bonchev–Trinajstić information content (AvgIpc) is 2.27. The number of carboxylic acid groups (broad SMARTS) is 1. The van der Waals surface area contributed by atoms with Crippen LogP contribution in [-0.4, -0.2) is 29.3 Å².